The number of aliphatic hydroxyl groups is 1. The molecule has 1 aromatic rings. The monoisotopic (exact) mass is 305 g/mol. The first-order valence-corrected chi connectivity index (χ1v) is 7.07. The molecule has 3 heterocycles. The minimum absolute atomic E-state index is 0.294. The van der Waals surface area contributed by atoms with Crippen molar-refractivity contribution < 1.29 is 19.4 Å². The second kappa shape index (κ2) is 4.16. The van der Waals surface area contributed by atoms with E-state index in [1.54, 1.807) is 36.4 Å². The highest BCUT2D eigenvalue weighted by Gasteiger charge is 2.67. The molecule has 0 unspecified atom stereocenters. The predicted molar refractivity (Wildman–Crippen MR) is 74.8 cm³/mol. The van der Waals surface area contributed by atoms with Crippen LogP contribution in [0.1, 0.15) is 0 Å². The summed E-state index contributed by atoms with van der Waals surface area (Å²) in [6.07, 6.45) is 3.01. The number of aliphatic hydroxyl groups excluding tert-OH is 1. The Hall–Kier alpha value is -1.69. The lowest BCUT2D eigenvalue weighted by Crippen LogP contribution is -2.43. The van der Waals surface area contributed by atoms with E-state index in [4.69, 9.17) is 16.3 Å². The third-order valence-electron chi connectivity index (χ3n) is 4.47. The Morgan fingerprint density at radius 2 is 2.14 bits per heavy atom. The molecule has 2 saturated heterocycles. The Morgan fingerprint density at radius 3 is 2.86 bits per heavy atom. The maximum atomic E-state index is 12.7. The first kappa shape index (κ1) is 13.0. The summed E-state index contributed by atoms with van der Waals surface area (Å²) in [5, 5.41) is 10.1. The second-order valence-corrected chi connectivity index (χ2v) is 5.99. The van der Waals surface area contributed by atoms with Gasteiger partial charge in [0.15, 0.2) is 0 Å². The predicted octanol–water partition coefficient (Wildman–Crippen LogP) is 1.15. The van der Waals surface area contributed by atoms with Gasteiger partial charge in [0.2, 0.25) is 11.8 Å². The molecule has 2 fully saturated rings. The first-order valence-electron chi connectivity index (χ1n) is 6.69. The molecule has 0 spiro atoms. The lowest BCUT2D eigenvalue weighted by molar-refractivity contribution is -0.128. The molecular formula is C15H12ClNO4. The fourth-order valence-electron chi connectivity index (χ4n) is 3.55. The molecular weight excluding hydrogens is 294 g/mol. The number of carbonyl (C=O) groups is 2. The number of halogens is 1. The van der Waals surface area contributed by atoms with Gasteiger partial charge in [0.1, 0.15) is 5.60 Å². The summed E-state index contributed by atoms with van der Waals surface area (Å²) in [4.78, 5) is 26.5. The smallest absolute Gasteiger partial charge is 0.241 e. The Morgan fingerprint density at radius 1 is 1.33 bits per heavy atom. The molecule has 4 rings (SSSR count). The molecule has 0 radical (unpaired) electrons. The minimum atomic E-state index is -1.06. The van der Waals surface area contributed by atoms with Gasteiger partial charge in [0.25, 0.3) is 0 Å². The highest BCUT2D eigenvalue weighted by Crippen LogP contribution is 2.52. The van der Waals surface area contributed by atoms with E-state index in [9.17, 15) is 14.7 Å². The van der Waals surface area contributed by atoms with Gasteiger partial charge in [-0.25, -0.2) is 4.90 Å². The second-order valence-electron chi connectivity index (χ2n) is 5.55. The number of imide groups is 1. The summed E-state index contributed by atoms with van der Waals surface area (Å²) in [6.45, 7) is -0.316. The Kier molecular flexibility index (Phi) is 2.58. The van der Waals surface area contributed by atoms with Crippen LogP contribution in [0.25, 0.3) is 0 Å². The molecule has 4 atom stereocenters. The number of benzene rings is 1. The zero-order chi connectivity index (χ0) is 14.8. The lowest BCUT2D eigenvalue weighted by Gasteiger charge is -2.26. The van der Waals surface area contributed by atoms with Crippen LogP contribution in [-0.4, -0.2) is 35.2 Å². The van der Waals surface area contributed by atoms with Crippen molar-refractivity contribution in [2.24, 2.45) is 11.8 Å². The van der Waals surface area contributed by atoms with Gasteiger partial charge < -0.3 is 9.84 Å². The third kappa shape index (κ3) is 1.54. The number of hydrogen-bond acceptors (Lipinski definition) is 4. The number of nitrogens with zero attached hydrogens (tertiary/aromatic N) is 1. The van der Waals surface area contributed by atoms with E-state index in [0.29, 0.717) is 10.7 Å². The minimum Gasteiger partial charge on any atom is -0.393 e. The lowest BCUT2D eigenvalue weighted by atomic mass is 9.77. The van der Waals surface area contributed by atoms with Gasteiger partial charge in [-0.15, -0.1) is 0 Å². The molecule has 1 aromatic carbocycles. The van der Waals surface area contributed by atoms with Crippen LogP contribution in [0.15, 0.2) is 36.4 Å². The molecule has 0 saturated carbocycles. The highest BCUT2D eigenvalue weighted by atomic mass is 35.5. The van der Waals surface area contributed by atoms with E-state index in [1.807, 2.05) is 0 Å². The van der Waals surface area contributed by atoms with Crippen molar-refractivity contribution in [2.75, 3.05) is 11.5 Å². The molecule has 1 N–H and O–H groups in total. The molecule has 2 amide bonds. The fraction of sp³-hybridized carbons (Fsp3) is 0.333. The number of hydrogen-bond donors (Lipinski definition) is 1. The van der Waals surface area contributed by atoms with Crippen LogP contribution in [0, 0.1) is 11.8 Å². The van der Waals surface area contributed by atoms with Crippen LogP contribution in [0.3, 0.4) is 0 Å². The number of fused-ring (bicyclic) bond motifs is 5. The largest absolute Gasteiger partial charge is 0.393 e. The summed E-state index contributed by atoms with van der Waals surface area (Å²) in [5.41, 5.74) is -0.602. The van der Waals surface area contributed by atoms with Crippen LogP contribution in [0.4, 0.5) is 5.69 Å². The van der Waals surface area contributed by atoms with Crippen molar-refractivity contribution in [3.8, 4) is 0 Å². The third-order valence-corrected chi connectivity index (χ3v) is 4.70. The number of carbonyl (C=O) groups excluding carboxylic acids is 2. The zero-order valence-electron chi connectivity index (χ0n) is 10.9. The number of amides is 2. The summed E-state index contributed by atoms with van der Waals surface area (Å²) in [5.74, 6) is -1.86. The van der Waals surface area contributed by atoms with E-state index in [0.717, 1.165) is 4.90 Å². The topological polar surface area (TPSA) is 66.8 Å². The van der Waals surface area contributed by atoms with Crippen LogP contribution in [0.2, 0.25) is 5.02 Å². The van der Waals surface area contributed by atoms with Crippen molar-refractivity contribution >= 4 is 29.1 Å². The standard InChI is InChI=1S/C15H12ClNO4/c16-8-2-1-3-9(6-8)17-13(19)11-10-4-5-15(7-18,21-10)12(11)14(17)20/h1-6,10-12,18H,7H2/t10-,11+,12+,15+/m1/s1. The van der Waals surface area contributed by atoms with Crippen LogP contribution in [0.5, 0.6) is 0 Å². The van der Waals surface area contributed by atoms with Gasteiger partial charge in [0, 0.05) is 5.02 Å². The molecule has 108 valence electrons. The van der Waals surface area contributed by atoms with Crippen molar-refractivity contribution in [2.45, 2.75) is 11.7 Å². The van der Waals surface area contributed by atoms with Crippen LogP contribution in [-0.2, 0) is 14.3 Å². The maximum absolute atomic E-state index is 12.7. The van der Waals surface area contributed by atoms with Crippen molar-refractivity contribution in [3.63, 3.8) is 0 Å². The Bertz CT molecular complexity index is 688. The fourth-order valence-corrected chi connectivity index (χ4v) is 3.74. The van der Waals surface area contributed by atoms with Crippen molar-refractivity contribution in [3.05, 3.63) is 41.4 Å². The summed E-state index contributed by atoms with van der Waals surface area (Å²) in [6, 6.07) is 6.63. The summed E-state index contributed by atoms with van der Waals surface area (Å²) >= 11 is 5.94. The van der Waals surface area contributed by atoms with Gasteiger partial charge in [-0.2, -0.15) is 0 Å². The SMILES string of the molecule is O=C1[C@@H]2[C@@H](C(=O)N1c1cccc(Cl)c1)[C@@]1(CO)C=C[C@H]2O1. The number of anilines is 1. The zero-order valence-corrected chi connectivity index (χ0v) is 11.7. The Balaban J connectivity index is 1.79. The Labute approximate surface area is 125 Å². The molecule has 2 bridgehead atoms. The van der Waals surface area contributed by atoms with Gasteiger partial charge in [0.05, 0.1) is 30.2 Å². The molecule has 5 nitrogen and oxygen atoms in total. The van der Waals surface area contributed by atoms with Crippen LogP contribution < -0.4 is 4.90 Å². The molecule has 0 aromatic heterocycles. The quantitative estimate of drug-likeness (QED) is 0.657. The van der Waals surface area contributed by atoms with Gasteiger partial charge in [-0.3, -0.25) is 9.59 Å². The average Bonchev–Trinajstić information content (AvgIpc) is 3.10. The molecule has 3 aliphatic heterocycles. The molecule has 21 heavy (non-hydrogen) atoms. The van der Waals surface area contributed by atoms with E-state index < -0.39 is 23.5 Å². The van der Waals surface area contributed by atoms with E-state index in [-0.39, 0.29) is 18.4 Å². The van der Waals surface area contributed by atoms with E-state index in [1.165, 1.54) is 0 Å². The summed E-state index contributed by atoms with van der Waals surface area (Å²) in [7, 11) is 0. The van der Waals surface area contributed by atoms with Gasteiger partial charge >= 0.3 is 0 Å². The van der Waals surface area contributed by atoms with E-state index in [2.05, 4.69) is 0 Å². The highest BCUT2D eigenvalue weighted by molar-refractivity contribution is 6.31. The van der Waals surface area contributed by atoms with Crippen LogP contribution >= 0.6 is 11.6 Å². The van der Waals surface area contributed by atoms with E-state index >= 15 is 0 Å². The number of rotatable bonds is 2. The summed E-state index contributed by atoms with van der Waals surface area (Å²) < 4.78 is 5.67. The maximum Gasteiger partial charge on any atom is 0.241 e. The van der Waals surface area contributed by atoms with Gasteiger partial charge in [-0.1, -0.05) is 29.8 Å². The molecule has 6 heteroatoms. The van der Waals surface area contributed by atoms with Crippen molar-refractivity contribution in [1.29, 1.82) is 0 Å². The first-order chi connectivity index (χ1) is 10.1. The van der Waals surface area contributed by atoms with Gasteiger partial charge in [-0.05, 0) is 18.2 Å². The van der Waals surface area contributed by atoms with Crippen molar-refractivity contribution in [1.82, 2.24) is 0 Å². The number of ether oxygens (including phenoxy) is 1. The molecule has 0 aliphatic carbocycles. The molecule has 3 aliphatic rings. The normalized spacial score (nSPS) is 36.7. The average molecular weight is 306 g/mol.